The fourth-order valence-corrected chi connectivity index (χ4v) is 5.84. The molecule has 0 atom stereocenters. The average molecular weight is 657 g/mol. The van der Waals surface area contributed by atoms with E-state index in [9.17, 15) is 4.11 Å². The van der Waals surface area contributed by atoms with Crippen molar-refractivity contribution in [2.75, 3.05) is 0 Å². The van der Waals surface area contributed by atoms with E-state index in [1.54, 1.807) is 36.4 Å². The Kier molecular flexibility index (Phi) is 3.87. The lowest BCUT2D eigenvalue weighted by molar-refractivity contribution is 0.669. The van der Waals surface area contributed by atoms with Crippen LogP contribution < -0.4 is 0 Å². The number of rotatable bonds is 5. The SMILES string of the molecule is [2H]c1c([2H])c([2H])c(-c2c([2H])c([2H])c(-c3c([2H])c([2H])c([2H])c4c3oc3c([2H])c(-c5nc(-c6ccccc6)nc(-c6ccc7c(c6)oc6ccccc67)n5)c([2H])c([2H])c34)c([2H])c2[2H])c([2H])c1[2H]. The van der Waals surface area contributed by atoms with Crippen LogP contribution in [-0.4, -0.2) is 15.0 Å². The number of hydrogen-bond acceptors (Lipinski definition) is 5. The fraction of sp³-hybridized carbons (Fsp3) is 0. The molecule has 7 aromatic carbocycles. The van der Waals surface area contributed by atoms with Crippen LogP contribution in [0.25, 0.3) is 100 Å². The number of hydrogen-bond donors (Lipinski definition) is 0. The number of nitrogens with zero attached hydrogens (tertiary/aromatic N) is 3. The number of fused-ring (bicyclic) bond motifs is 6. The maximum Gasteiger partial charge on any atom is 0.164 e. The predicted octanol–water partition coefficient (Wildman–Crippen LogP) is 12.0. The van der Waals surface area contributed by atoms with Crippen molar-refractivity contribution >= 4 is 43.9 Å². The van der Waals surface area contributed by atoms with Gasteiger partial charge in [0.1, 0.15) is 22.3 Å². The summed E-state index contributed by atoms with van der Waals surface area (Å²) in [4.78, 5) is 14.2. The molecule has 0 N–H and O–H groups in total. The zero-order chi connectivity index (χ0) is 46.1. The van der Waals surface area contributed by atoms with Gasteiger partial charge < -0.3 is 8.83 Å². The van der Waals surface area contributed by atoms with Gasteiger partial charge in [0.2, 0.25) is 0 Å². The Morgan fingerprint density at radius 3 is 1.92 bits per heavy atom. The third-order valence-electron chi connectivity index (χ3n) is 8.21. The van der Waals surface area contributed by atoms with Crippen LogP contribution >= 0.6 is 0 Å². The molecule has 0 unspecified atom stereocenters. The van der Waals surface area contributed by atoms with Gasteiger partial charge in [0.25, 0.3) is 0 Å². The van der Waals surface area contributed by atoms with Crippen LogP contribution in [0.3, 0.4) is 0 Å². The van der Waals surface area contributed by atoms with Crippen molar-refractivity contribution in [2.45, 2.75) is 0 Å². The Bertz CT molecular complexity index is 3680. The van der Waals surface area contributed by atoms with E-state index in [-0.39, 0.29) is 39.4 Å². The third-order valence-corrected chi connectivity index (χ3v) is 8.21. The smallest absolute Gasteiger partial charge is 0.164 e. The fourth-order valence-electron chi connectivity index (χ4n) is 5.84. The van der Waals surface area contributed by atoms with Crippen LogP contribution in [-0.2, 0) is 0 Å². The second-order valence-electron chi connectivity index (χ2n) is 11.2. The van der Waals surface area contributed by atoms with Crippen LogP contribution in [0.1, 0.15) is 20.6 Å². The molecule has 50 heavy (non-hydrogen) atoms. The summed E-state index contributed by atoms with van der Waals surface area (Å²) in [5.74, 6) is 0.144. The van der Waals surface area contributed by atoms with E-state index >= 15 is 0 Å². The largest absolute Gasteiger partial charge is 0.456 e. The minimum atomic E-state index is -0.831. The summed E-state index contributed by atoms with van der Waals surface area (Å²) in [6, 6.07) is 11.1. The van der Waals surface area contributed by atoms with Gasteiger partial charge in [-0.05, 0) is 47.0 Å². The first-order valence-electron chi connectivity index (χ1n) is 22.9. The summed E-state index contributed by atoms with van der Waals surface area (Å²) >= 11 is 0. The molecule has 0 saturated heterocycles. The van der Waals surface area contributed by atoms with Gasteiger partial charge in [-0.1, -0.05) is 133 Å². The average Bonchev–Trinajstić information content (AvgIpc) is 3.90. The van der Waals surface area contributed by atoms with E-state index < -0.39 is 118 Å². The molecule has 234 valence electrons. The van der Waals surface area contributed by atoms with Gasteiger partial charge >= 0.3 is 0 Å². The first kappa shape index (κ1) is 17.0. The van der Waals surface area contributed by atoms with Gasteiger partial charge in [0.15, 0.2) is 17.5 Å². The van der Waals surface area contributed by atoms with Crippen LogP contribution in [0.15, 0.2) is 172 Å². The minimum absolute atomic E-state index is 0.148. The van der Waals surface area contributed by atoms with E-state index in [2.05, 4.69) is 4.98 Å². The Labute approximate surface area is 308 Å². The molecule has 0 amide bonds. The molecule has 0 bridgehead atoms. The first-order valence-corrected chi connectivity index (χ1v) is 15.4. The monoisotopic (exact) mass is 656 g/mol. The van der Waals surface area contributed by atoms with Crippen molar-refractivity contribution in [3.05, 3.63) is 163 Å². The van der Waals surface area contributed by atoms with Gasteiger partial charge in [0, 0.05) is 43.8 Å². The summed E-state index contributed by atoms with van der Waals surface area (Å²) in [5.41, 5.74) is -1.03. The van der Waals surface area contributed by atoms with Crippen molar-refractivity contribution in [1.82, 2.24) is 15.0 Å². The van der Waals surface area contributed by atoms with Crippen LogP contribution in [0.4, 0.5) is 0 Å². The maximum atomic E-state index is 9.50. The van der Waals surface area contributed by atoms with Crippen LogP contribution in [0, 0.1) is 0 Å². The summed E-state index contributed by atoms with van der Waals surface area (Å²) in [6.45, 7) is 0. The van der Waals surface area contributed by atoms with Gasteiger partial charge in [-0.2, -0.15) is 0 Å². The van der Waals surface area contributed by atoms with Crippen molar-refractivity contribution in [3.63, 3.8) is 0 Å². The highest BCUT2D eigenvalue weighted by molar-refractivity contribution is 6.10. The molecule has 3 heterocycles. The van der Waals surface area contributed by atoms with Gasteiger partial charge in [0.05, 0.1) is 20.6 Å². The van der Waals surface area contributed by atoms with Crippen molar-refractivity contribution in [2.24, 2.45) is 0 Å². The molecule has 3 aromatic heterocycles. The van der Waals surface area contributed by atoms with Crippen molar-refractivity contribution in [3.8, 4) is 56.4 Å². The zero-order valence-electron chi connectivity index (χ0n) is 40.6. The zero-order valence-corrected chi connectivity index (χ0v) is 25.6. The molecule has 5 heteroatoms. The molecule has 10 rings (SSSR count). The first-order chi connectivity index (χ1) is 31.0. The Hall–Kier alpha value is -6.85. The van der Waals surface area contributed by atoms with E-state index in [0.29, 0.717) is 22.3 Å². The van der Waals surface area contributed by atoms with Crippen LogP contribution in [0.2, 0.25) is 0 Å². The van der Waals surface area contributed by atoms with E-state index in [1.165, 1.54) is 0 Å². The lowest BCUT2D eigenvalue weighted by Gasteiger charge is -2.08. The molecular weight excluding hydrogens is 615 g/mol. The number of para-hydroxylation sites is 2. The quantitative estimate of drug-likeness (QED) is 0.184. The van der Waals surface area contributed by atoms with E-state index in [1.807, 2.05) is 36.4 Å². The normalized spacial score (nSPS) is 15.8. The van der Waals surface area contributed by atoms with Gasteiger partial charge in [-0.3, -0.25) is 0 Å². The second kappa shape index (κ2) is 11.4. The summed E-state index contributed by atoms with van der Waals surface area (Å²) < 4.78 is 144. The predicted molar refractivity (Wildman–Crippen MR) is 202 cm³/mol. The van der Waals surface area contributed by atoms with E-state index in [0.717, 1.165) is 10.8 Å². The molecular formula is C45H27N3O2. The highest BCUT2D eigenvalue weighted by Gasteiger charge is 2.17. The summed E-state index contributed by atoms with van der Waals surface area (Å²) in [7, 11) is 0. The minimum Gasteiger partial charge on any atom is -0.456 e. The molecule has 0 fully saturated rings. The van der Waals surface area contributed by atoms with Gasteiger partial charge in [-0.25, -0.2) is 15.0 Å². The topological polar surface area (TPSA) is 65.0 Å². The lowest BCUT2D eigenvalue weighted by atomic mass is 9.99. The molecule has 0 spiro atoms. The van der Waals surface area contributed by atoms with E-state index in [4.69, 9.17) is 35.3 Å². The molecule has 10 aromatic rings. The van der Waals surface area contributed by atoms with Crippen LogP contribution in [0.5, 0.6) is 0 Å². The highest BCUT2D eigenvalue weighted by Crippen LogP contribution is 2.38. The Morgan fingerprint density at radius 1 is 0.400 bits per heavy atom. The molecule has 0 radical (unpaired) electrons. The lowest BCUT2D eigenvalue weighted by Crippen LogP contribution is -2.00. The molecule has 0 aliphatic carbocycles. The molecule has 0 aliphatic rings. The van der Waals surface area contributed by atoms with Gasteiger partial charge in [-0.15, -0.1) is 0 Å². The maximum absolute atomic E-state index is 9.50. The third kappa shape index (κ3) is 4.75. The number of aromatic nitrogens is 3. The van der Waals surface area contributed by atoms with Crippen molar-refractivity contribution in [1.29, 1.82) is 0 Å². The molecule has 0 saturated carbocycles. The summed E-state index contributed by atoms with van der Waals surface area (Å²) in [5, 5.41) is 1.20. The standard InChI is InChI=1S/C45H27N3O2/c1-3-10-28(11-4-1)29-18-20-30(21-19-29)34-15-9-16-38-37-25-23-33(27-41(37)50-42(34)38)45-47-43(31-12-5-2-6-13-31)46-44(48-45)32-22-24-36-35-14-7-8-17-39(35)49-40(36)26-32/h1-27H/i1D,3D,4D,9D,10D,11D,15D,16D,18D,19D,20D,21D,23D,25D,27D. The second-order valence-corrected chi connectivity index (χ2v) is 11.2. The Morgan fingerprint density at radius 2 is 1.08 bits per heavy atom. The highest BCUT2D eigenvalue weighted by atomic mass is 16.3. The summed E-state index contributed by atoms with van der Waals surface area (Å²) in [6.07, 6.45) is 0. The number of benzene rings is 7. The molecule has 0 aliphatic heterocycles. The molecule has 5 nitrogen and oxygen atoms in total. The Balaban J connectivity index is 1.23. The van der Waals surface area contributed by atoms with Crippen molar-refractivity contribution < 1.29 is 29.4 Å². The number of furan rings is 2.